The van der Waals surface area contributed by atoms with E-state index in [-0.39, 0.29) is 23.5 Å². The topological polar surface area (TPSA) is 88.2 Å². The number of hydrogen-bond acceptors (Lipinski definition) is 5. The lowest BCUT2D eigenvalue weighted by molar-refractivity contribution is 0.0941. The first-order valence-electron chi connectivity index (χ1n) is 7.71. The number of aromatic nitrogens is 1. The molecular formula is C15H23N3O3S. The summed E-state index contributed by atoms with van der Waals surface area (Å²) in [6.45, 7) is 2.97. The van der Waals surface area contributed by atoms with Crippen molar-refractivity contribution in [2.24, 2.45) is 0 Å². The molecule has 1 aliphatic heterocycles. The van der Waals surface area contributed by atoms with Crippen LogP contribution in [0.25, 0.3) is 0 Å². The molecule has 0 saturated carbocycles. The van der Waals surface area contributed by atoms with Gasteiger partial charge in [-0.3, -0.25) is 4.79 Å². The molecule has 1 aliphatic rings. The number of carbonyl (C=O) groups excluding carboxylic acids is 1. The fourth-order valence-corrected chi connectivity index (χ4v) is 4.11. The van der Waals surface area contributed by atoms with Gasteiger partial charge >= 0.3 is 0 Å². The fraction of sp³-hybridized carbons (Fsp3) is 0.600. The average molecular weight is 325 g/mol. The Morgan fingerprint density at radius 3 is 2.91 bits per heavy atom. The minimum Gasteiger partial charge on any atom is -0.370 e. The zero-order chi connectivity index (χ0) is 16.0. The molecule has 122 valence electrons. The number of nitrogens with one attached hydrogen (secondary N) is 2. The van der Waals surface area contributed by atoms with Gasteiger partial charge in [0.15, 0.2) is 9.84 Å². The van der Waals surface area contributed by atoms with Gasteiger partial charge in [0, 0.05) is 24.3 Å². The maximum atomic E-state index is 12.2. The van der Waals surface area contributed by atoms with Crippen LogP contribution in [0.5, 0.6) is 0 Å². The van der Waals surface area contributed by atoms with E-state index in [2.05, 4.69) is 22.5 Å². The molecule has 22 heavy (non-hydrogen) atoms. The van der Waals surface area contributed by atoms with Crippen LogP contribution in [0.2, 0.25) is 0 Å². The monoisotopic (exact) mass is 325 g/mol. The van der Waals surface area contributed by atoms with Crippen LogP contribution in [0.3, 0.4) is 0 Å². The number of carbonyl (C=O) groups is 1. The van der Waals surface area contributed by atoms with E-state index in [1.165, 1.54) is 0 Å². The first-order valence-corrected chi connectivity index (χ1v) is 9.53. The van der Waals surface area contributed by atoms with E-state index >= 15 is 0 Å². The third kappa shape index (κ3) is 4.98. The minimum atomic E-state index is -2.99. The number of unbranched alkanes of at least 4 members (excludes halogenated alkanes) is 2. The van der Waals surface area contributed by atoms with Crippen LogP contribution in [-0.2, 0) is 9.84 Å². The van der Waals surface area contributed by atoms with Crippen molar-refractivity contribution in [3.05, 3.63) is 23.9 Å². The van der Waals surface area contributed by atoms with E-state index in [9.17, 15) is 13.2 Å². The van der Waals surface area contributed by atoms with Gasteiger partial charge in [0.1, 0.15) is 5.82 Å². The van der Waals surface area contributed by atoms with Crippen LogP contribution < -0.4 is 10.6 Å². The van der Waals surface area contributed by atoms with Crippen molar-refractivity contribution in [3.63, 3.8) is 0 Å². The lowest BCUT2D eigenvalue weighted by Gasteiger charge is -2.11. The molecule has 0 aromatic carbocycles. The Morgan fingerprint density at radius 1 is 1.41 bits per heavy atom. The van der Waals surface area contributed by atoms with Gasteiger partial charge in [-0.1, -0.05) is 19.8 Å². The molecule has 1 saturated heterocycles. The highest BCUT2D eigenvalue weighted by atomic mass is 32.2. The van der Waals surface area contributed by atoms with E-state index in [0.717, 1.165) is 25.8 Å². The summed E-state index contributed by atoms with van der Waals surface area (Å²) in [4.78, 5) is 16.4. The molecule has 1 unspecified atom stereocenters. The first kappa shape index (κ1) is 16.7. The van der Waals surface area contributed by atoms with Gasteiger partial charge in [-0.25, -0.2) is 13.4 Å². The maximum Gasteiger partial charge on any atom is 0.251 e. The summed E-state index contributed by atoms with van der Waals surface area (Å²) in [7, 11) is -2.99. The van der Waals surface area contributed by atoms with Crippen molar-refractivity contribution in [2.45, 2.75) is 38.6 Å². The highest BCUT2D eigenvalue weighted by Crippen LogP contribution is 2.13. The molecule has 1 amide bonds. The molecule has 2 N–H and O–H groups in total. The van der Waals surface area contributed by atoms with E-state index < -0.39 is 9.84 Å². The summed E-state index contributed by atoms with van der Waals surface area (Å²) in [5, 5.41) is 5.98. The van der Waals surface area contributed by atoms with Gasteiger partial charge in [-0.15, -0.1) is 0 Å². The third-order valence-corrected chi connectivity index (χ3v) is 5.44. The van der Waals surface area contributed by atoms with Crippen molar-refractivity contribution in [1.29, 1.82) is 0 Å². The smallest absolute Gasteiger partial charge is 0.251 e. The number of rotatable bonds is 7. The van der Waals surface area contributed by atoms with Crippen molar-refractivity contribution in [3.8, 4) is 0 Å². The predicted octanol–water partition coefficient (Wildman–Crippen LogP) is 1.60. The summed E-state index contributed by atoms with van der Waals surface area (Å²) in [6.07, 6.45) is 5.45. The minimum absolute atomic E-state index is 0.0337. The number of anilines is 1. The fourth-order valence-electron chi connectivity index (χ4n) is 2.44. The average Bonchev–Trinajstić information content (AvgIpc) is 2.83. The van der Waals surface area contributed by atoms with Crippen LogP contribution >= 0.6 is 0 Å². The summed E-state index contributed by atoms with van der Waals surface area (Å²) in [5.41, 5.74) is 0.497. The molecule has 2 rings (SSSR count). The first-order chi connectivity index (χ1) is 10.5. The molecule has 1 atom stereocenters. The third-order valence-electron chi connectivity index (χ3n) is 3.68. The number of amides is 1. The second kappa shape index (κ2) is 7.58. The van der Waals surface area contributed by atoms with Crippen molar-refractivity contribution >= 4 is 21.6 Å². The Labute approximate surface area is 131 Å². The highest BCUT2D eigenvalue weighted by Gasteiger charge is 2.29. The lowest BCUT2D eigenvalue weighted by atomic mass is 10.2. The normalized spacial score (nSPS) is 19.8. The SMILES string of the molecule is CCCCCNc1cc(C(=O)NC2CCS(=O)(=O)C2)ccn1. The van der Waals surface area contributed by atoms with Crippen LogP contribution in [-0.4, -0.2) is 43.4 Å². The molecule has 7 heteroatoms. The quantitative estimate of drug-likeness (QED) is 0.744. The number of nitrogens with zero attached hydrogens (tertiary/aromatic N) is 1. The standard InChI is InChI=1S/C15H23N3O3S/c1-2-3-4-7-16-14-10-12(5-8-17-14)15(19)18-13-6-9-22(20,21)11-13/h5,8,10,13H,2-4,6-7,9,11H2,1H3,(H,16,17)(H,18,19). The van der Waals surface area contributed by atoms with Crippen LogP contribution in [0.4, 0.5) is 5.82 Å². The molecule has 1 aromatic heterocycles. The maximum absolute atomic E-state index is 12.2. The van der Waals surface area contributed by atoms with E-state index in [0.29, 0.717) is 17.8 Å². The van der Waals surface area contributed by atoms with Crippen molar-refractivity contribution < 1.29 is 13.2 Å². The number of sulfone groups is 1. The number of pyridine rings is 1. The van der Waals surface area contributed by atoms with E-state index in [4.69, 9.17) is 0 Å². The van der Waals surface area contributed by atoms with Gasteiger partial charge in [-0.05, 0) is 25.0 Å². The van der Waals surface area contributed by atoms with E-state index in [1.54, 1.807) is 18.3 Å². The van der Waals surface area contributed by atoms with Gasteiger partial charge in [0.2, 0.25) is 0 Å². The Kier molecular flexibility index (Phi) is 5.76. The Hall–Kier alpha value is -1.63. The molecule has 6 nitrogen and oxygen atoms in total. The predicted molar refractivity (Wildman–Crippen MR) is 86.8 cm³/mol. The second-order valence-electron chi connectivity index (χ2n) is 5.64. The van der Waals surface area contributed by atoms with Gasteiger partial charge in [0.05, 0.1) is 11.5 Å². The Balaban J connectivity index is 1.90. The van der Waals surface area contributed by atoms with Crippen LogP contribution in [0, 0.1) is 0 Å². The molecule has 0 aliphatic carbocycles. The Bertz CT molecular complexity index is 616. The van der Waals surface area contributed by atoms with Crippen molar-refractivity contribution in [2.75, 3.05) is 23.4 Å². The summed E-state index contributed by atoms with van der Waals surface area (Å²) in [5.74, 6) is 0.605. The molecule has 0 radical (unpaired) electrons. The Morgan fingerprint density at radius 2 is 2.23 bits per heavy atom. The molecule has 0 spiro atoms. The second-order valence-corrected chi connectivity index (χ2v) is 7.87. The zero-order valence-electron chi connectivity index (χ0n) is 12.8. The van der Waals surface area contributed by atoms with Crippen LogP contribution in [0.1, 0.15) is 43.0 Å². The number of hydrogen-bond donors (Lipinski definition) is 2. The highest BCUT2D eigenvalue weighted by molar-refractivity contribution is 7.91. The summed E-state index contributed by atoms with van der Waals surface area (Å²) >= 11 is 0. The molecular weight excluding hydrogens is 302 g/mol. The summed E-state index contributed by atoms with van der Waals surface area (Å²) in [6, 6.07) is 3.05. The van der Waals surface area contributed by atoms with Gasteiger partial charge < -0.3 is 10.6 Å². The molecule has 2 heterocycles. The molecule has 1 aromatic rings. The largest absolute Gasteiger partial charge is 0.370 e. The molecule has 0 bridgehead atoms. The lowest BCUT2D eigenvalue weighted by Crippen LogP contribution is -2.35. The van der Waals surface area contributed by atoms with E-state index in [1.807, 2.05) is 0 Å². The molecule has 1 fully saturated rings. The zero-order valence-corrected chi connectivity index (χ0v) is 13.7. The van der Waals surface area contributed by atoms with Gasteiger partial charge in [0.25, 0.3) is 5.91 Å². The summed E-state index contributed by atoms with van der Waals surface area (Å²) < 4.78 is 22.8. The van der Waals surface area contributed by atoms with Crippen LogP contribution in [0.15, 0.2) is 18.3 Å². The van der Waals surface area contributed by atoms with Gasteiger partial charge in [-0.2, -0.15) is 0 Å². The van der Waals surface area contributed by atoms with Crippen molar-refractivity contribution in [1.82, 2.24) is 10.3 Å².